The summed E-state index contributed by atoms with van der Waals surface area (Å²) < 4.78 is 6.98. The highest BCUT2D eigenvalue weighted by Crippen LogP contribution is 2.12. The summed E-state index contributed by atoms with van der Waals surface area (Å²) in [5, 5.41) is 9.88. The molecular formula is C26H24N4O3. The third-order valence-electron chi connectivity index (χ3n) is 4.97. The number of anilines is 1. The van der Waals surface area contributed by atoms with Crippen LogP contribution in [0.5, 0.6) is 0 Å². The smallest absolute Gasteiger partial charge is 0.408 e. The molecule has 0 aliphatic carbocycles. The van der Waals surface area contributed by atoms with Gasteiger partial charge in [0.05, 0.1) is 5.69 Å². The van der Waals surface area contributed by atoms with Gasteiger partial charge in [-0.05, 0) is 23.3 Å². The average Bonchev–Trinajstić information content (AvgIpc) is 3.33. The van der Waals surface area contributed by atoms with Crippen LogP contribution in [0, 0.1) is 0 Å². The molecule has 0 saturated heterocycles. The van der Waals surface area contributed by atoms with E-state index in [2.05, 4.69) is 15.7 Å². The van der Waals surface area contributed by atoms with Gasteiger partial charge in [-0.1, -0.05) is 78.9 Å². The number of amides is 2. The first-order valence-electron chi connectivity index (χ1n) is 10.6. The number of ether oxygens (including phenoxy) is 1. The molecule has 1 unspecified atom stereocenters. The minimum atomic E-state index is -0.836. The van der Waals surface area contributed by atoms with Gasteiger partial charge in [-0.3, -0.25) is 4.79 Å². The Kier molecular flexibility index (Phi) is 7.12. The molecule has 0 spiro atoms. The first kappa shape index (κ1) is 21.8. The lowest BCUT2D eigenvalue weighted by atomic mass is 10.1. The summed E-state index contributed by atoms with van der Waals surface area (Å²) >= 11 is 0. The van der Waals surface area contributed by atoms with Crippen molar-refractivity contribution in [2.45, 2.75) is 19.1 Å². The summed E-state index contributed by atoms with van der Waals surface area (Å²) in [4.78, 5) is 25.5. The molecule has 1 heterocycles. The second-order valence-corrected chi connectivity index (χ2v) is 7.42. The molecule has 7 nitrogen and oxygen atoms in total. The minimum Gasteiger partial charge on any atom is -0.445 e. The van der Waals surface area contributed by atoms with Crippen LogP contribution in [-0.2, 0) is 22.6 Å². The first-order valence-corrected chi connectivity index (χ1v) is 10.6. The molecule has 7 heteroatoms. The predicted molar refractivity (Wildman–Crippen MR) is 126 cm³/mol. The Hall–Kier alpha value is -4.39. The Morgan fingerprint density at radius 2 is 1.42 bits per heavy atom. The maximum Gasteiger partial charge on any atom is 0.408 e. The van der Waals surface area contributed by atoms with Crippen LogP contribution in [0.4, 0.5) is 10.6 Å². The monoisotopic (exact) mass is 440 g/mol. The highest BCUT2D eigenvalue weighted by molar-refractivity contribution is 5.96. The molecule has 1 atom stereocenters. The number of carbonyl (C=O) groups excluding carboxylic acids is 2. The van der Waals surface area contributed by atoms with Gasteiger partial charge in [0.2, 0.25) is 5.91 Å². The quantitative estimate of drug-likeness (QED) is 0.427. The van der Waals surface area contributed by atoms with Gasteiger partial charge in [-0.15, -0.1) is 0 Å². The van der Waals surface area contributed by atoms with Crippen LogP contribution < -0.4 is 10.6 Å². The minimum absolute atomic E-state index is 0.119. The van der Waals surface area contributed by atoms with E-state index in [4.69, 9.17) is 4.74 Å². The fourth-order valence-corrected chi connectivity index (χ4v) is 3.29. The lowest BCUT2D eigenvalue weighted by molar-refractivity contribution is -0.118. The fraction of sp³-hybridized carbons (Fsp3) is 0.115. The number of benzene rings is 3. The number of carbonyl (C=O) groups is 2. The number of nitrogens with one attached hydrogen (secondary N) is 2. The summed E-state index contributed by atoms with van der Waals surface area (Å²) in [6.45, 7) is 0.119. The van der Waals surface area contributed by atoms with Gasteiger partial charge in [-0.2, -0.15) is 5.10 Å². The van der Waals surface area contributed by atoms with Crippen molar-refractivity contribution < 1.29 is 14.3 Å². The average molecular weight is 441 g/mol. The van der Waals surface area contributed by atoms with Crippen LogP contribution in [-0.4, -0.2) is 27.8 Å². The molecule has 0 aliphatic rings. The Morgan fingerprint density at radius 1 is 0.818 bits per heavy atom. The van der Waals surface area contributed by atoms with E-state index in [-0.39, 0.29) is 12.5 Å². The lowest BCUT2D eigenvalue weighted by Crippen LogP contribution is -2.45. The normalized spacial score (nSPS) is 11.4. The Labute approximate surface area is 192 Å². The van der Waals surface area contributed by atoms with E-state index in [1.807, 2.05) is 91.0 Å². The van der Waals surface area contributed by atoms with E-state index in [0.29, 0.717) is 12.2 Å². The molecule has 0 radical (unpaired) electrons. The second kappa shape index (κ2) is 10.8. The number of aromatic nitrogens is 2. The van der Waals surface area contributed by atoms with Gasteiger partial charge in [0, 0.05) is 18.7 Å². The van der Waals surface area contributed by atoms with Gasteiger partial charge in [0.25, 0.3) is 0 Å². The van der Waals surface area contributed by atoms with Gasteiger partial charge in [0.1, 0.15) is 12.6 Å². The molecule has 4 rings (SSSR count). The predicted octanol–water partition coefficient (Wildman–Crippen LogP) is 4.35. The van der Waals surface area contributed by atoms with Crippen molar-refractivity contribution in [1.29, 1.82) is 0 Å². The summed E-state index contributed by atoms with van der Waals surface area (Å²) in [5.74, 6) is 0.00944. The van der Waals surface area contributed by atoms with Crippen molar-refractivity contribution in [3.05, 3.63) is 114 Å². The maximum atomic E-state index is 13.0. The highest BCUT2D eigenvalue weighted by Gasteiger charge is 2.23. The molecule has 0 aliphatic heterocycles. The van der Waals surface area contributed by atoms with E-state index < -0.39 is 12.1 Å². The summed E-state index contributed by atoms with van der Waals surface area (Å²) in [5.41, 5.74) is 2.65. The number of alkyl carbamates (subject to hydrolysis) is 1. The fourth-order valence-electron chi connectivity index (χ4n) is 3.29. The number of para-hydroxylation sites is 1. The molecule has 33 heavy (non-hydrogen) atoms. The molecule has 0 saturated carbocycles. The summed E-state index contributed by atoms with van der Waals surface area (Å²) in [6.07, 6.45) is 1.41. The van der Waals surface area contributed by atoms with Gasteiger partial charge >= 0.3 is 6.09 Å². The van der Waals surface area contributed by atoms with Crippen molar-refractivity contribution in [1.82, 2.24) is 15.1 Å². The first-order chi connectivity index (χ1) is 16.2. The molecule has 166 valence electrons. The third-order valence-corrected chi connectivity index (χ3v) is 4.97. The molecule has 2 N–H and O–H groups in total. The number of hydrogen-bond donors (Lipinski definition) is 2. The topological polar surface area (TPSA) is 85.3 Å². The van der Waals surface area contributed by atoms with E-state index in [0.717, 1.165) is 16.8 Å². The zero-order valence-corrected chi connectivity index (χ0v) is 17.9. The van der Waals surface area contributed by atoms with Crippen LogP contribution in [0.3, 0.4) is 0 Å². The van der Waals surface area contributed by atoms with Crippen molar-refractivity contribution in [3.8, 4) is 5.69 Å². The molecule has 0 fully saturated rings. The number of nitrogens with zero attached hydrogens (tertiary/aromatic N) is 2. The van der Waals surface area contributed by atoms with Crippen LogP contribution >= 0.6 is 0 Å². The van der Waals surface area contributed by atoms with Crippen molar-refractivity contribution in [3.63, 3.8) is 0 Å². The molecule has 2 amide bonds. The Balaban J connectivity index is 1.42. The van der Waals surface area contributed by atoms with Crippen LogP contribution in [0.15, 0.2) is 103 Å². The molecule has 0 bridgehead atoms. The highest BCUT2D eigenvalue weighted by atomic mass is 16.5. The molecule has 4 aromatic rings. The summed E-state index contributed by atoms with van der Waals surface area (Å²) in [7, 11) is 0. The molecule has 3 aromatic carbocycles. The third kappa shape index (κ3) is 6.30. The van der Waals surface area contributed by atoms with E-state index >= 15 is 0 Å². The number of hydrogen-bond acceptors (Lipinski definition) is 4. The standard InChI is InChI=1S/C26H24N4O3/c31-25(28-24-16-17-30(29-24)22-14-8-3-9-15-22)23(18-20-10-4-1-5-11-20)27-26(32)33-19-21-12-6-2-7-13-21/h1-17,23H,18-19H2,(H,27,32)(H,28,29,31). The zero-order valence-electron chi connectivity index (χ0n) is 17.9. The number of rotatable bonds is 8. The van der Waals surface area contributed by atoms with Crippen molar-refractivity contribution in [2.24, 2.45) is 0 Å². The van der Waals surface area contributed by atoms with Crippen molar-refractivity contribution >= 4 is 17.8 Å². The zero-order chi connectivity index (χ0) is 22.9. The summed E-state index contributed by atoms with van der Waals surface area (Å²) in [6, 6.07) is 29.3. The second-order valence-electron chi connectivity index (χ2n) is 7.42. The van der Waals surface area contributed by atoms with Crippen molar-refractivity contribution in [2.75, 3.05) is 5.32 Å². The van der Waals surface area contributed by atoms with Crippen LogP contribution in [0.2, 0.25) is 0 Å². The Bertz CT molecular complexity index is 1180. The van der Waals surface area contributed by atoms with E-state index in [1.165, 1.54) is 0 Å². The lowest BCUT2D eigenvalue weighted by Gasteiger charge is -2.18. The van der Waals surface area contributed by atoms with Gasteiger partial charge < -0.3 is 15.4 Å². The van der Waals surface area contributed by atoms with Gasteiger partial charge in [0.15, 0.2) is 5.82 Å². The largest absolute Gasteiger partial charge is 0.445 e. The maximum absolute atomic E-state index is 13.0. The van der Waals surface area contributed by atoms with E-state index in [9.17, 15) is 9.59 Å². The molecular weight excluding hydrogens is 416 g/mol. The SMILES string of the molecule is O=C(NC(Cc1ccccc1)C(=O)Nc1ccn(-c2ccccc2)n1)OCc1ccccc1. The Morgan fingerprint density at radius 3 is 2.09 bits per heavy atom. The van der Waals surface area contributed by atoms with Crippen LogP contribution in [0.25, 0.3) is 5.69 Å². The van der Waals surface area contributed by atoms with Crippen LogP contribution in [0.1, 0.15) is 11.1 Å². The van der Waals surface area contributed by atoms with Gasteiger partial charge in [-0.25, -0.2) is 9.48 Å². The molecule has 1 aromatic heterocycles. The van der Waals surface area contributed by atoms with E-state index in [1.54, 1.807) is 16.9 Å².